The summed E-state index contributed by atoms with van der Waals surface area (Å²) in [6.45, 7) is 5.73. The van der Waals surface area contributed by atoms with Gasteiger partial charge < -0.3 is 4.74 Å². The summed E-state index contributed by atoms with van der Waals surface area (Å²) in [5.41, 5.74) is 0. The van der Waals surface area contributed by atoms with Crippen LogP contribution in [0, 0.1) is 5.92 Å². The Labute approximate surface area is 103 Å². The molecular formula is C12H21FO2S. The maximum absolute atomic E-state index is 12.7. The molecule has 0 spiro atoms. The number of rotatable bonds is 7. The molecule has 94 valence electrons. The van der Waals surface area contributed by atoms with Crippen LogP contribution in [0.5, 0.6) is 0 Å². The molecule has 0 N–H and O–H groups in total. The fraction of sp³-hybridized carbons (Fsp3) is 0.750. The van der Waals surface area contributed by atoms with E-state index in [0.29, 0.717) is 12.5 Å². The van der Waals surface area contributed by atoms with Crippen LogP contribution >= 0.6 is 12.6 Å². The van der Waals surface area contributed by atoms with E-state index in [-0.39, 0.29) is 4.91 Å². The number of allylic oxidation sites excluding steroid dienone is 1. The van der Waals surface area contributed by atoms with Crippen LogP contribution in [0.3, 0.4) is 0 Å². The van der Waals surface area contributed by atoms with E-state index in [2.05, 4.69) is 26.5 Å². The lowest BCUT2D eigenvalue weighted by atomic mass is 10.0. The summed E-state index contributed by atoms with van der Waals surface area (Å²) < 4.78 is 17.7. The zero-order chi connectivity index (χ0) is 12.6. The van der Waals surface area contributed by atoms with Crippen LogP contribution in [0.4, 0.5) is 4.39 Å². The zero-order valence-electron chi connectivity index (χ0n) is 10.3. The quantitative estimate of drug-likeness (QED) is 0.420. The van der Waals surface area contributed by atoms with Crippen LogP contribution < -0.4 is 0 Å². The van der Waals surface area contributed by atoms with E-state index in [0.717, 1.165) is 25.7 Å². The number of hydrogen-bond acceptors (Lipinski definition) is 3. The minimum Gasteiger partial charge on any atom is -0.461 e. The van der Waals surface area contributed by atoms with Gasteiger partial charge in [0.1, 0.15) is 10.7 Å². The maximum atomic E-state index is 12.7. The van der Waals surface area contributed by atoms with Gasteiger partial charge in [0.2, 0.25) is 0 Å². The van der Waals surface area contributed by atoms with Crippen molar-refractivity contribution in [3.05, 3.63) is 10.7 Å². The molecule has 0 aliphatic carbocycles. The second-order valence-corrected chi connectivity index (χ2v) is 4.34. The molecule has 0 radical (unpaired) electrons. The number of thiol groups is 1. The highest BCUT2D eigenvalue weighted by Gasteiger charge is 2.13. The number of unbranched alkanes of at least 4 members (excludes halogenated alkanes) is 1. The Morgan fingerprint density at radius 2 is 2.06 bits per heavy atom. The van der Waals surface area contributed by atoms with Crippen molar-refractivity contribution in [2.45, 2.75) is 46.5 Å². The third-order valence-electron chi connectivity index (χ3n) is 2.51. The lowest BCUT2D eigenvalue weighted by Crippen LogP contribution is -2.14. The SMILES string of the molecule is CCCCC(CC)COC(=O)/C(S)=C(/C)F. The van der Waals surface area contributed by atoms with E-state index < -0.39 is 11.8 Å². The highest BCUT2D eigenvalue weighted by atomic mass is 32.1. The molecule has 0 bridgehead atoms. The Kier molecular flexibility index (Phi) is 8.35. The van der Waals surface area contributed by atoms with Crippen LogP contribution in [0.15, 0.2) is 10.7 Å². The molecule has 0 rings (SSSR count). The standard InChI is InChI=1S/C12H21FO2S/c1-4-6-7-10(5-2)8-15-12(14)11(16)9(3)13/h10,16H,4-8H2,1-3H3/b11-9+. The van der Waals surface area contributed by atoms with Crippen LogP contribution in [0.2, 0.25) is 0 Å². The van der Waals surface area contributed by atoms with Gasteiger partial charge >= 0.3 is 5.97 Å². The van der Waals surface area contributed by atoms with Crippen LogP contribution in [0.1, 0.15) is 46.5 Å². The largest absolute Gasteiger partial charge is 0.461 e. The summed E-state index contributed by atoms with van der Waals surface area (Å²) in [6.07, 6.45) is 4.27. The minimum atomic E-state index is -0.668. The van der Waals surface area contributed by atoms with Gasteiger partial charge in [-0.05, 0) is 19.3 Å². The summed E-state index contributed by atoms with van der Waals surface area (Å²) in [6, 6.07) is 0. The lowest BCUT2D eigenvalue weighted by Gasteiger charge is -2.14. The molecule has 0 saturated heterocycles. The fourth-order valence-corrected chi connectivity index (χ4v) is 1.37. The molecule has 0 fully saturated rings. The van der Waals surface area contributed by atoms with Gasteiger partial charge in [0.05, 0.1) is 6.61 Å². The van der Waals surface area contributed by atoms with Gasteiger partial charge in [-0.15, -0.1) is 12.6 Å². The average Bonchev–Trinajstić information content (AvgIpc) is 2.27. The Hall–Kier alpha value is -0.510. The molecule has 1 atom stereocenters. The highest BCUT2D eigenvalue weighted by Crippen LogP contribution is 2.16. The third kappa shape index (κ3) is 6.16. The smallest absolute Gasteiger partial charge is 0.347 e. The van der Waals surface area contributed by atoms with Crippen molar-refractivity contribution in [3.63, 3.8) is 0 Å². The zero-order valence-corrected chi connectivity index (χ0v) is 11.1. The van der Waals surface area contributed by atoms with Crippen LogP contribution in [0.25, 0.3) is 0 Å². The number of halogens is 1. The van der Waals surface area contributed by atoms with Gasteiger partial charge in [-0.3, -0.25) is 0 Å². The molecule has 4 heteroatoms. The van der Waals surface area contributed by atoms with Gasteiger partial charge in [-0.25, -0.2) is 9.18 Å². The molecule has 0 aliphatic rings. The highest BCUT2D eigenvalue weighted by molar-refractivity contribution is 7.85. The second kappa shape index (κ2) is 8.62. The van der Waals surface area contributed by atoms with Crippen molar-refractivity contribution >= 4 is 18.6 Å². The van der Waals surface area contributed by atoms with Gasteiger partial charge in [0.15, 0.2) is 0 Å². The van der Waals surface area contributed by atoms with E-state index in [1.807, 2.05) is 0 Å². The molecule has 0 aromatic carbocycles. The van der Waals surface area contributed by atoms with Crippen LogP contribution in [-0.2, 0) is 9.53 Å². The lowest BCUT2D eigenvalue weighted by molar-refractivity contribution is -0.139. The van der Waals surface area contributed by atoms with E-state index >= 15 is 0 Å². The van der Waals surface area contributed by atoms with Crippen molar-refractivity contribution in [2.24, 2.45) is 5.92 Å². The third-order valence-corrected chi connectivity index (χ3v) is 3.00. The average molecular weight is 248 g/mol. The molecule has 0 aliphatic heterocycles. The molecule has 0 aromatic rings. The Balaban J connectivity index is 4.02. The predicted molar refractivity (Wildman–Crippen MR) is 67.1 cm³/mol. The van der Waals surface area contributed by atoms with E-state index in [1.165, 1.54) is 6.92 Å². The van der Waals surface area contributed by atoms with Crippen LogP contribution in [-0.4, -0.2) is 12.6 Å². The normalized spacial score (nSPS) is 14.3. The number of carbonyl (C=O) groups excluding carboxylic acids is 1. The number of carbonyl (C=O) groups is 1. The summed E-state index contributed by atoms with van der Waals surface area (Å²) in [5, 5.41) is 0. The summed E-state index contributed by atoms with van der Waals surface area (Å²) in [7, 11) is 0. The predicted octanol–water partition coefficient (Wildman–Crippen LogP) is 3.88. The molecular weight excluding hydrogens is 227 g/mol. The number of esters is 1. The van der Waals surface area contributed by atoms with Gasteiger partial charge in [-0.2, -0.15) is 0 Å². The van der Waals surface area contributed by atoms with Crippen molar-refractivity contribution in [1.82, 2.24) is 0 Å². The second-order valence-electron chi connectivity index (χ2n) is 3.90. The molecule has 2 nitrogen and oxygen atoms in total. The fourth-order valence-electron chi connectivity index (χ4n) is 1.30. The van der Waals surface area contributed by atoms with E-state index in [1.54, 1.807) is 0 Å². The Bertz CT molecular complexity index is 247. The van der Waals surface area contributed by atoms with Crippen molar-refractivity contribution in [3.8, 4) is 0 Å². The maximum Gasteiger partial charge on any atom is 0.347 e. The van der Waals surface area contributed by atoms with Gasteiger partial charge in [-0.1, -0.05) is 33.1 Å². The first-order valence-electron chi connectivity index (χ1n) is 5.75. The van der Waals surface area contributed by atoms with E-state index in [9.17, 15) is 9.18 Å². The van der Waals surface area contributed by atoms with E-state index in [4.69, 9.17) is 4.74 Å². The molecule has 0 aromatic heterocycles. The van der Waals surface area contributed by atoms with Crippen molar-refractivity contribution in [1.29, 1.82) is 0 Å². The van der Waals surface area contributed by atoms with Gasteiger partial charge in [0.25, 0.3) is 0 Å². The Morgan fingerprint density at radius 3 is 2.50 bits per heavy atom. The molecule has 0 amide bonds. The number of hydrogen-bond donors (Lipinski definition) is 1. The summed E-state index contributed by atoms with van der Waals surface area (Å²) >= 11 is 3.75. The first-order valence-corrected chi connectivity index (χ1v) is 6.20. The Morgan fingerprint density at radius 1 is 1.44 bits per heavy atom. The molecule has 16 heavy (non-hydrogen) atoms. The monoisotopic (exact) mass is 248 g/mol. The van der Waals surface area contributed by atoms with Crippen molar-refractivity contribution < 1.29 is 13.9 Å². The van der Waals surface area contributed by atoms with Crippen molar-refractivity contribution in [2.75, 3.05) is 6.61 Å². The molecule has 1 unspecified atom stereocenters. The molecule has 0 heterocycles. The number of ether oxygens (including phenoxy) is 1. The summed E-state index contributed by atoms with van der Waals surface area (Å²) in [5.74, 6) is -0.904. The first-order chi connectivity index (χ1) is 7.52. The minimum absolute atomic E-state index is 0.231. The first kappa shape index (κ1) is 15.5. The topological polar surface area (TPSA) is 26.3 Å². The molecule has 0 saturated carbocycles. The van der Waals surface area contributed by atoms with Gasteiger partial charge in [0, 0.05) is 0 Å². The summed E-state index contributed by atoms with van der Waals surface area (Å²) in [4.78, 5) is 11.1.